The number of morpholine rings is 1. The van der Waals surface area contributed by atoms with E-state index in [9.17, 15) is 0 Å². The second-order valence-corrected chi connectivity index (χ2v) is 5.42. The second-order valence-electron chi connectivity index (χ2n) is 4.98. The predicted molar refractivity (Wildman–Crippen MR) is 86.0 cm³/mol. The lowest BCUT2D eigenvalue weighted by Gasteiger charge is -2.28. The molecule has 3 rings (SSSR count). The molecule has 0 unspecified atom stereocenters. The van der Waals surface area contributed by atoms with Crippen molar-refractivity contribution in [3.05, 3.63) is 53.2 Å². The Morgan fingerprint density at radius 2 is 2.05 bits per heavy atom. The van der Waals surface area contributed by atoms with Crippen LogP contribution in [0.3, 0.4) is 0 Å². The molecule has 0 amide bonds. The van der Waals surface area contributed by atoms with Gasteiger partial charge in [0.25, 0.3) is 0 Å². The molecule has 2 heterocycles. The molecule has 1 N–H and O–H groups in total. The number of anilines is 2. The van der Waals surface area contributed by atoms with Gasteiger partial charge in [-0.1, -0.05) is 23.7 Å². The fourth-order valence-electron chi connectivity index (χ4n) is 2.34. The average Bonchev–Trinajstić information content (AvgIpc) is 2.54. The van der Waals surface area contributed by atoms with Gasteiger partial charge in [0.15, 0.2) is 0 Å². The van der Waals surface area contributed by atoms with Gasteiger partial charge in [-0.25, -0.2) is 4.98 Å². The van der Waals surface area contributed by atoms with Crippen LogP contribution in [0.4, 0.5) is 11.5 Å². The molecule has 0 atom stereocenters. The van der Waals surface area contributed by atoms with Crippen molar-refractivity contribution in [1.82, 2.24) is 4.98 Å². The summed E-state index contributed by atoms with van der Waals surface area (Å²) < 4.78 is 5.36. The number of nitrogens with one attached hydrogen (secondary N) is 1. The van der Waals surface area contributed by atoms with E-state index in [1.807, 2.05) is 36.5 Å². The number of pyridine rings is 1. The third-order valence-electron chi connectivity index (χ3n) is 3.49. The van der Waals surface area contributed by atoms with Crippen LogP contribution in [0, 0.1) is 0 Å². The summed E-state index contributed by atoms with van der Waals surface area (Å²) in [7, 11) is 0. The van der Waals surface area contributed by atoms with Crippen LogP contribution in [0.5, 0.6) is 0 Å². The highest BCUT2D eigenvalue weighted by molar-refractivity contribution is 6.30. The predicted octanol–water partition coefficient (Wildman–Crippen LogP) is 3.18. The summed E-state index contributed by atoms with van der Waals surface area (Å²) in [6, 6.07) is 11.9. The molecule has 1 aliphatic heterocycles. The van der Waals surface area contributed by atoms with Gasteiger partial charge in [-0.05, 0) is 29.8 Å². The van der Waals surface area contributed by atoms with Crippen LogP contribution in [0.1, 0.15) is 5.56 Å². The smallest absolute Gasteiger partial charge is 0.126 e. The van der Waals surface area contributed by atoms with Crippen molar-refractivity contribution in [3.63, 3.8) is 0 Å². The van der Waals surface area contributed by atoms with Crippen molar-refractivity contribution in [2.45, 2.75) is 6.54 Å². The Morgan fingerprint density at radius 3 is 2.76 bits per heavy atom. The maximum absolute atomic E-state index is 5.97. The Kier molecular flexibility index (Phi) is 4.58. The second kappa shape index (κ2) is 6.78. The molecule has 1 saturated heterocycles. The lowest BCUT2D eigenvalue weighted by molar-refractivity contribution is 0.122. The molecule has 0 saturated carbocycles. The number of nitrogens with zero attached hydrogens (tertiary/aromatic N) is 2. The van der Waals surface area contributed by atoms with E-state index in [4.69, 9.17) is 16.3 Å². The SMILES string of the molecule is Clc1cccc(CNc2ccc(N3CCOCC3)cn2)c1. The van der Waals surface area contributed by atoms with Gasteiger partial charge < -0.3 is 15.0 Å². The van der Waals surface area contributed by atoms with E-state index in [0.717, 1.165) is 48.4 Å². The molecular weight excluding hydrogens is 286 g/mol. The average molecular weight is 304 g/mol. The summed E-state index contributed by atoms with van der Waals surface area (Å²) in [5.74, 6) is 0.868. The minimum atomic E-state index is 0.713. The van der Waals surface area contributed by atoms with Crippen LogP contribution in [0.15, 0.2) is 42.6 Å². The molecule has 0 spiro atoms. The van der Waals surface area contributed by atoms with Crippen LogP contribution >= 0.6 is 11.6 Å². The number of halogens is 1. The molecule has 110 valence electrons. The third-order valence-corrected chi connectivity index (χ3v) is 3.72. The molecule has 1 aromatic heterocycles. The van der Waals surface area contributed by atoms with Gasteiger partial charge >= 0.3 is 0 Å². The Morgan fingerprint density at radius 1 is 1.19 bits per heavy atom. The van der Waals surface area contributed by atoms with E-state index in [1.54, 1.807) is 0 Å². The summed E-state index contributed by atoms with van der Waals surface area (Å²) in [4.78, 5) is 6.75. The molecule has 1 fully saturated rings. The van der Waals surface area contributed by atoms with E-state index in [2.05, 4.69) is 21.3 Å². The van der Waals surface area contributed by atoms with Gasteiger partial charge in [0.1, 0.15) is 5.82 Å². The lowest BCUT2D eigenvalue weighted by Crippen LogP contribution is -2.36. The quantitative estimate of drug-likeness (QED) is 0.941. The zero-order chi connectivity index (χ0) is 14.5. The topological polar surface area (TPSA) is 37.4 Å². The van der Waals surface area contributed by atoms with Crippen LogP contribution in [0.25, 0.3) is 0 Å². The highest BCUT2D eigenvalue weighted by Gasteiger charge is 2.11. The first-order valence-corrected chi connectivity index (χ1v) is 7.46. The summed E-state index contributed by atoms with van der Waals surface area (Å²) in [6.07, 6.45) is 1.91. The van der Waals surface area contributed by atoms with Gasteiger partial charge in [0.05, 0.1) is 25.1 Å². The molecule has 0 radical (unpaired) electrons. The molecule has 0 aliphatic carbocycles. The minimum Gasteiger partial charge on any atom is -0.378 e. The lowest BCUT2D eigenvalue weighted by atomic mass is 10.2. The molecular formula is C16H18ClN3O. The monoisotopic (exact) mass is 303 g/mol. The standard InChI is InChI=1S/C16H18ClN3O/c17-14-3-1-2-13(10-14)11-18-16-5-4-15(12-19-16)20-6-8-21-9-7-20/h1-5,10,12H,6-9,11H2,(H,18,19). The molecule has 1 aromatic carbocycles. The molecule has 0 bridgehead atoms. The van der Waals surface area contributed by atoms with Crippen molar-refractivity contribution < 1.29 is 4.74 Å². The van der Waals surface area contributed by atoms with E-state index >= 15 is 0 Å². The molecule has 4 nitrogen and oxygen atoms in total. The minimum absolute atomic E-state index is 0.713. The number of ether oxygens (including phenoxy) is 1. The van der Waals surface area contributed by atoms with Crippen molar-refractivity contribution in [2.24, 2.45) is 0 Å². The molecule has 5 heteroatoms. The number of aromatic nitrogens is 1. The zero-order valence-corrected chi connectivity index (χ0v) is 12.5. The molecule has 1 aliphatic rings. The fraction of sp³-hybridized carbons (Fsp3) is 0.312. The Hall–Kier alpha value is -1.78. The summed E-state index contributed by atoms with van der Waals surface area (Å²) >= 11 is 5.97. The van der Waals surface area contributed by atoms with Crippen LogP contribution in [-0.2, 0) is 11.3 Å². The van der Waals surface area contributed by atoms with E-state index < -0.39 is 0 Å². The van der Waals surface area contributed by atoms with Gasteiger partial charge in [-0.3, -0.25) is 0 Å². The molecule has 2 aromatic rings. The van der Waals surface area contributed by atoms with Crippen LogP contribution in [0.2, 0.25) is 5.02 Å². The van der Waals surface area contributed by atoms with Gasteiger partial charge in [0.2, 0.25) is 0 Å². The van der Waals surface area contributed by atoms with Crippen molar-refractivity contribution in [1.29, 1.82) is 0 Å². The number of rotatable bonds is 4. The number of hydrogen-bond acceptors (Lipinski definition) is 4. The first kappa shape index (κ1) is 14.2. The van der Waals surface area contributed by atoms with E-state index in [-0.39, 0.29) is 0 Å². The van der Waals surface area contributed by atoms with Crippen LogP contribution < -0.4 is 10.2 Å². The first-order chi connectivity index (χ1) is 10.3. The summed E-state index contributed by atoms with van der Waals surface area (Å²) in [6.45, 7) is 4.14. The molecule has 21 heavy (non-hydrogen) atoms. The van der Waals surface area contributed by atoms with Gasteiger partial charge in [-0.2, -0.15) is 0 Å². The van der Waals surface area contributed by atoms with Gasteiger partial charge in [0, 0.05) is 24.7 Å². The first-order valence-electron chi connectivity index (χ1n) is 7.08. The summed E-state index contributed by atoms with van der Waals surface area (Å²) in [5.41, 5.74) is 2.29. The maximum atomic E-state index is 5.97. The third kappa shape index (κ3) is 3.86. The maximum Gasteiger partial charge on any atom is 0.126 e. The zero-order valence-electron chi connectivity index (χ0n) is 11.8. The Labute approximate surface area is 129 Å². The Bertz CT molecular complexity index is 582. The van der Waals surface area contributed by atoms with Crippen molar-refractivity contribution >= 4 is 23.1 Å². The van der Waals surface area contributed by atoms with Gasteiger partial charge in [-0.15, -0.1) is 0 Å². The number of hydrogen-bond donors (Lipinski definition) is 1. The number of benzene rings is 1. The van der Waals surface area contributed by atoms with Crippen molar-refractivity contribution in [3.8, 4) is 0 Å². The fourth-order valence-corrected chi connectivity index (χ4v) is 2.55. The van der Waals surface area contributed by atoms with E-state index in [1.165, 1.54) is 0 Å². The summed E-state index contributed by atoms with van der Waals surface area (Å²) in [5, 5.41) is 4.06. The van der Waals surface area contributed by atoms with E-state index in [0.29, 0.717) is 6.54 Å². The Balaban J connectivity index is 1.59. The highest BCUT2D eigenvalue weighted by atomic mass is 35.5. The van der Waals surface area contributed by atoms with Crippen molar-refractivity contribution in [2.75, 3.05) is 36.5 Å². The normalized spacial score (nSPS) is 15.0. The van der Waals surface area contributed by atoms with Crippen LogP contribution in [-0.4, -0.2) is 31.3 Å². The highest BCUT2D eigenvalue weighted by Crippen LogP contribution is 2.17. The largest absolute Gasteiger partial charge is 0.378 e.